The van der Waals surface area contributed by atoms with Gasteiger partial charge in [0.05, 0.1) is 5.92 Å². The van der Waals surface area contributed by atoms with E-state index in [-0.39, 0.29) is 30.4 Å². The highest BCUT2D eigenvalue weighted by Gasteiger charge is 2.42. The van der Waals surface area contributed by atoms with Gasteiger partial charge in [-0.1, -0.05) is 18.2 Å². The standard InChI is InChI=1S/C16H19FN2O3/c17-13-6-2-1-5-11(13)12-8-14(12)18-16(22)19-7-3-4-10(9-19)15(20)21/h1-2,5-6,10,12,14H,3-4,7-9H2,(H,18,22)(H,20,21)/t10?,12-,14+/m0/s1. The van der Waals surface area contributed by atoms with Crippen LogP contribution in [0.4, 0.5) is 9.18 Å². The normalized spacial score (nSPS) is 27.3. The first-order valence-corrected chi connectivity index (χ1v) is 7.59. The molecule has 1 heterocycles. The Balaban J connectivity index is 1.55. The summed E-state index contributed by atoms with van der Waals surface area (Å²) in [5, 5.41) is 11.9. The first-order valence-electron chi connectivity index (χ1n) is 7.59. The second-order valence-electron chi connectivity index (χ2n) is 6.04. The number of urea groups is 1. The van der Waals surface area contributed by atoms with Crippen LogP contribution < -0.4 is 5.32 Å². The van der Waals surface area contributed by atoms with Gasteiger partial charge in [0.2, 0.25) is 0 Å². The number of hydrogen-bond acceptors (Lipinski definition) is 2. The molecule has 2 N–H and O–H groups in total. The SMILES string of the molecule is O=C(O)C1CCCN(C(=O)N[C@@H]2C[C@H]2c2ccccc2F)C1. The Hall–Kier alpha value is -2.11. The van der Waals surface area contributed by atoms with E-state index in [0.29, 0.717) is 24.9 Å². The number of carboxylic acids is 1. The first-order chi connectivity index (χ1) is 10.6. The highest BCUT2D eigenvalue weighted by molar-refractivity contribution is 5.77. The number of halogens is 1. The third-order valence-corrected chi connectivity index (χ3v) is 4.46. The average Bonchev–Trinajstić information content (AvgIpc) is 3.26. The van der Waals surface area contributed by atoms with Crippen LogP contribution in [0.25, 0.3) is 0 Å². The summed E-state index contributed by atoms with van der Waals surface area (Å²) < 4.78 is 13.7. The third-order valence-electron chi connectivity index (χ3n) is 4.46. The minimum absolute atomic E-state index is 0.0187. The van der Waals surface area contributed by atoms with Gasteiger partial charge in [-0.2, -0.15) is 0 Å². The Labute approximate surface area is 128 Å². The van der Waals surface area contributed by atoms with Crippen LogP contribution in [-0.4, -0.2) is 41.1 Å². The molecule has 1 aliphatic heterocycles. The van der Waals surface area contributed by atoms with Gasteiger partial charge in [0.15, 0.2) is 0 Å². The summed E-state index contributed by atoms with van der Waals surface area (Å²) in [5.74, 6) is -1.56. The van der Waals surface area contributed by atoms with Crippen molar-refractivity contribution in [1.82, 2.24) is 10.2 Å². The van der Waals surface area contributed by atoms with E-state index < -0.39 is 11.9 Å². The van der Waals surface area contributed by atoms with E-state index in [0.717, 1.165) is 6.42 Å². The lowest BCUT2D eigenvalue weighted by Crippen LogP contribution is -2.47. The fourth-order valence-corrected chi connectivity index (χ4v) is 3.09. The van der Waals surface area contributed by atoms with Crippen LogP contribution in [0.5, 0.6) is 0 Å². The van der Waals surface area contributed by atoms with Gasteiger partial charge in [-0.05, 0) is 30.9 Å². The second-order valence-corrected chi connectivity index (χ2v) is 6.04. The highest BCUT2D eigenvalue weighted by Crippen LogP contribution is 2.41. The molecule has 118 valence electrons. The fraction of sp³-hybridized carbons (Fsp3) is 0.500. The van der Waals surface area contributed by atoms with Gasteiger partial charge in [0.25, 0.3) is 0 Å². The van der Waals surface area contributed by atoms with Gasteiger partial charge in [-0.15, -0.1) is 0 Å². The lowest BCUT2D eigenvalue weighted by atomic mass is 9.99. The largest absolute Gasteiger partial charge is 0.481 e. The molecule has 3 rings (SSSR count). The van der Waals surface area contributed by atoms with Crippen molar-refractivity contribution in [2.24, 2.45) is 5.92 Å². The number of piperidine rings is 1. The van der Waals surface area contributed by atoms with E-state index in [1.807, 2.05) is 0 Å². The van der Waals surface area contributed by atoms with E-state index in [9.17, 15) is 14.0 Å². The van der Waals surface area contributed by atoms with E-state index in [1.54, 1.807) is 23.1 Å². The molecule has 1 saturated carbocycles. The van der Waals surface area contributed by atoms with Crippen LogP contribution in [0.1, 0.15) is 30.7 Å². The number of carbonyl (C=O) groups excluding carboxylic acids is 1. The number of aliphatic carboxylic acids is 1. The molecule has 2 amide bonds. The van der Waals surface area contributed by atoms with Gasteiger partial charge < -0.3 is 15.3 Å². The number of carbonyl (C=O) groups is 2. The van der Waals surface area contributed by atoms with Crippen LogP contribution in [0, 0.1) is 11.7 Å². The van der Waals surface area contributed by atoms with Gasteiger partial charge in [0.1, 0.15) is 5.82 Å². The zero-order valence-corrected chi connectivity index (χ0v) is 12.2. The summed E-state index contributed by atoms with van der Waals surface area (Å²) in [5.41, 5.74) is 0.634. The lowest BCUT2D eigenvalue weighted by Gasteiger charge is -2.30. The monoisotopic (exact) mass is 306 g/mol. The zero-order chi connectivity index (χ0) is 15.7. The maximum absolute atomic E-state index is 13.7. The average molecular weight is 306 g/mol. The molecule has 0 spiro atoms. The predicted molar refractivity (Wildman–Crippen MR) is 78.0 cm³/mol. The van der Waals surface area contributed by atoms with Crippen molar-refractivity contribution in [2.75, 3.05) is 13.1 Å². The maximum Gasteiger partial charge on any atom is 0.317 e. The Morgan fingerprint density at radius 3 is 2.82 bits per heavy atom. The summed E-state index contributed by atoms with van der Waals surface area (Å²) in [7, 11) is 0. The predicted octanol–water partition coefficient (Wildman–Crippen LogP) is 2.19. The van der Waals surface area contributed by atoms with Gasteiger partial charge in [0, 0.05) is 25.0 Å². The van der Waals surface area contributed by atoms with Crippen molar-refractivity contribution in [3.05, 3.63) is 35.6 Å². The highest BCUT2D eigenvalue weighted by atomic mass is 19.1. The van der Waals surface area contributed by atoms with Crippen LogP contribution >= 0.6 is 0 Å². The van der Waals surface area contributed by atoms with E-state index in [1.165, 1.54) is 6.07 Å². The number of rotatable bonds is 3. The molecule has 1 aromatic carbocycles. The molecule has 5 nitrogen and oxygen atoms in total. The van der Waals surface area contributed by atoms with Crippen molar-refractivity contribution in [3.8, 4) is 0 Å². The maximum atomic E-state index is 13.7. The number of carboxylic acid groups (broad SMARTS) is 1. The molecular formula is C16H19FN2O3. The van der Waals surface area contributed by atoms with E-state index in [2.05, 4.69) is 5.32 Å². The van der Waals surface area contributed by atoms with Crippen molar-refractivity contribution in [2.45, 2.75) is 31.2 Å². The molecule has 1 unspecified atom stereocenters. The number of nitrogens with one attached hydrogen (secondary N) is 1. The summed E-state index contributed by atoms with van der Waals surface area (Å²) in [4.78, 5) is 24.8. The smallest absolute Gasteiger partial charge is 0.317 e. The number of likely N-dealkylation sites (tertiary alicyclic amines) is 1. The van der Waals surface area contributed by atoms with Crippen molar-refractivity contribution < 1.29 is 19.1 Å². The summed E-state index contributed by atoms with van der Waals surface area (Å²) in [6, 6.07) is 6.30. The minimum atomic E-state index is -0.854. The molecule has 1 aliphatic carbocycles. The van der Waals surface area contributed by atoms with Gasteiger partial charge in [-0.25, -0.2) is 9.18 Å². The topological polar surface area (TPSA) is 69.6 Å². The molecule has 1 aromatic rings. The van der Waals surface area contributed by atoms with Crippen LogP contribution in [0.3, 0.4) is 0 Å². The molecule has 2 aliphatic rings. The van der Waals surface area contributed by atoms with Crippen molar-refractivity contribution >= 4 is 12.0 Å². The molecule has 1 saturated heterocycles. The van der Waals surface area contributed by atoms with Crippen LogP contribution in [-0.2, 0) is 4.79 Å². The lowest BCUT2D eigenvalue weighted by molar-refractivity contribution is -0.143. The minimum Gasteiger partial charge on any atom is -0.481 e. The molecule has 0 bridgehead atoms. The number of nitrogens with zero attached hydrogens (tertiary/aromatic N) is 1. The Morgan fingerprint density at radius 1 is 1.32 bits per heavy atom. The number of hydrogen-bond donors (Lipinski definition) is 2. The Kier molecular flexibility index (Phi) is 4.00. The van der Waals surface area contributed by atoms with Crippen molar-refractivity contribution in [3.63, 3.8) is 0 Å². The van der Waals surface area contributed by atoms with Crippen LogP contribution in [0.15, 0.2) is 24.3 Å². The zero-order valence-electron chi connectivity index (χ0n) is 12.2. The van der Waals surface area contributed by atoms with E-state index in [4.69, 9.17) is 5.11 Å². The molecule has 2 fully saturated rings. The second kappa shape index (κ2) is 5.94. The molecule has 22 heavy (non-hydrogen) atoms. The Bertz CT molecular complexity index is 593. The summed E-state index contributed by atoms with van der Waals surface area (Å²) in [6.07, 6.45) is 2.04. The summed E-state index contributed by atoms with van der Waals surface area (Å²) >= 11 is 0. The van der Waals surface area contributed by atoms with Crippen LogP contribution in [0.2, 0.25) is 0 Å². The molecule has 6 heteroatoms. The summed E-state index contributed by atoms with van der Waals surface area (Å²) in [6.45, 7) is 0.824. The number of benzene rings is 1. The van der Waals surface area contributed by atoms with E-state index >= 15 is 0 Å². The molecular weight excluding hydrogens is 287 g/mol. The molecule has 3 atom stereocenters. The van der Waals surface area contributed by atoms with Gasteiger partial charge in [-0.3, -0.25) is 4.79 Å². The third kappa shape index (κ3) is 3.05. The first kappa shape index (κ1) is 14.8. The number of amides is 2. The quantitative estimate of drug-likeness (QED) is 0.899. The molecule has 0 aromatic heterocycles. The van der Waals surface area contributed by atoms with Gasteiger partial charge >= 0.3 is 12.0 Å². The van der Waals surface area contributed by atoms with Crippen molar-refractivity contribution in [1.29, 1.82) is 0 Å². The Morgan fingerprint density at radius 2 is 2.09 bits per heavy atom. The molecule has 0 radical (unpaired) electrons. The fourth-order valence-electron chi connectivity index (χ4n) is 3.09.